The normalized spacial score (nSPS) is 17.8. The fourth-order valence-electron chi connectivity index (χ4n) is 4.09. The van der Waals surface area contributed by atoms with Gasteiger partial charge in [0, 0.05) is 29.6 Å². The second kappa shape index (κ2) is 7.65. The Balaban J connectivity index is 1.32. The Morgan fingerprint density at radius 2 is 1.97 bits per heavy atom. The van der Waals surface area contributed by atoms with Gasteiger partial charge in [0.25, 0.3) is 0 Å². The number of benzene rings is 2. The van der Waals surface area contributed by atoms with E-state index >= 15 is 0 Å². The number of aromatic amines is 1. The highest BCUT2D eigenvalue weighted by atomic mass is 35.5. The standard InChI is InChI=1S/C23H23ClN4O/c1-15-21(27-23(29-15)16-8-10-18(24)11-9-16)14-28-12-4-5-17(13-28)22-25-19-6-2-3-7-20(19)26-22/h2-3,6-11,17H,4-5,12-14H2,1H3,(H,25,26)/t17-/m1/s1. The van der Waals surface area contributed by atoms with Gasteiger partial charge in [-0.25, -0.2) is 9.97 Å². The minimum Gasteiger partial charge on any atom is -0.441 e. The van der Waals surface area contributed by atoms with Gasteiger partial charge in [0.1, 0.15) is 11.6 Å². The van der Waals surface area contributed by atoms with Gasteiger partial charge in [-0.1, -0.05) is 23.7 Å². The van der Waals surface area contributed by atoms with Crippen molar-refractivity contribution in [2.75, 3.05) is 13.1 Å². The predicted octanol–water partition coefficient (Wildman–Crippen LogP) is 5.56. The molecule has 0 spiro atoms. The summed E-state index contributed by atoms with van der Waals surface area (Å²) in [6.07, 6.45) is 2.31. The molecule has 0 aliphatic carbocycles. The first-order chi connectivity index (χ1) is 14.2. The number of imidazole rings is 1. The fourth-order valence-corrected chi connectivity index (χ4v) is 4.22. The lowest BCUT2D eigenvalue weighted by Gasteiger charge is -2.31. The number of oxazole rings is 1. The molecule has 29 heavy (non-hydrogen) atoms. The maximum atomic E-state index is 5.99. The molecule has 3 heterocycles. The molecule has 0 bridgehead atoms. The molecule has 5 rings (SSSR count). The first-order valence-electron chi connectivity index (χ1n) is 10.0. The molecule has 5 nitrogen and oxygen atoms in total. The quantitative estimate of drug-likeness (QED) is 0.482. The Morgan fingerprint density at radius 3 is 2.79 bits per heavy atom. The van der Waals surface area contributed by atoms with Crippen LogP contribution in [0.2, 0.25) is 5.02 Å². The van der Waals surface area contributed by atoms with Crippen LogP contribution in [0.3, 0.4) is 0 Å². The van der Waals surface area contributed by atoms with Crippen molar-refractivity contribution in [1.29, 1.82) is 0 Å². The van der Waals surface area contributed by atoms with Crippen LogP contribution in [0.25, 0.3) is 22.5 Å². The van der Waals surface area contributed by atoms with E-state index < -0.39 is 0 Å². The number of hydrogen-bond donors (Lipinski definition) is 1. The van der Waals surface area contributed by atoms with Gasteiger partial charge >= 0.3 is 0 Å². The first kappa shape index (κ1) is 18.4. The summed E-state index contributed by atoms with van der Waals surface area (Å²) in [6, 6.07) is 15.8. The third-order valence-corrected chi connectivity index (χ3v) is 5.91. The van der Waals surface area contributed by atoms with E-state index in [-0.39, 0.29) is 0 Å². The van der Waals surface area contributed by atoms with Gasteiger partial charge < -0.3 is 9.40 Å². The Bertz CT molecular complexity index is 1100. The van der Waals surface area contributed by atoms with Crippen LogP contribution in [0, 0.1) is 6.92 Å². The number of piperidine rings is 1. The molecule has 1 fully saturated rings. The average molecular weight is 407 g/mol. The van der Waals surface area contributed by atoms with E-state index in [0.717, 1.165) is 66.4 Å². The highest BCUT2D eigenvalue weighted by Crippen LogP contribution is 2.29. The summed E-state index contributed by atoms with van der Waals surface area (Å²) in [5.74, 6) is 3.04. The van der Waals surface area contributed by atoms with Crippen LogP contribution >= 0.6 is 11.6 Å². The van der Waals surface area contributed by atoms with Crippen molar-refractivity contribution in [2.45, 2.75) is 32.2 Å². The minimum absolute atomic E-state index is 0.416. The molecule has 1 aliphatic heterocycles. The second-order valence-electron chi connectivity index (χ2n) is 7.74. The molecule has 0 saturated carbocycles. The van der Waals surface area contributed by atoms with Gasteiger partial charge in [-0.2, -0.15) is 0 Å². The van der Waals surface area contributed by atoms with E-state index in [1.807, 2.05) is 43.3 Å². The number of hydrogen-bond acceptors (Lipinski definition) is 4. The molecule has 0 amide bonds. The molecule has 1 N–H and O–H groups in total. The van der Waals surface area contributed by atoms with Crippen molar-refractivity contribution in [3.8, 4) is 11.5 Å². The monoisotopic (exact) mass is 406 g/mol. The number of aryl methyl sites for hydroxylation is 1. The van der Waals surface area contributed by atoms with E-state index in [9.17, 15) is 0 Å². The van der Waals surface area contributed by atoms with Gasteiger partial charge in [0.2, 0.25) is 5.89 Å². The highest BCUT2D eigenvalue weighted by molar-refractivity contribution is 6.30. The lowest BCUT2D eigenvalue weighted by molar-refractivity contribution is 0.194. The second-order valence-corrected chi connectivity index (χ2v) is 8.18. The molecular weight excluding hydrogens is 384 g/mol. The number of halogens is 1. The van der Waals surface area contributed by atoms with Crippen molar-refractivity contribution in [1.82, 2.24) is 19.9 Å². The zero-order valence-corrected chi connectivity index (χ0v) is 17.1. The molecule has 6 heteroatoms. The third kappa shape index (κ3) is 3.80. The molecule has 4 aromatic rings. The number of rotatable bonds is 4. The molecule has 0 radical (unpaired) electrons. The van der Waals surface area contributed by atoms with Crippen molar-refractivity contribution in [3.05, 3.63) is 70.8 Å². The van der Waals surface area contributed by atoms with E-state index in [4.69, 9.17) is 26.0 Å². The van der Waals surface area contributed by atoms with Crippen LogP contribution in [-0.2, 0) is 6.54 Å². The van der Waals surface area contributed by atoms with E-state index in [1.54, 1.807) is 0 Å². The summed E-state index contributed by atoms with van der Waals surface area (Å²) in [4.78, 5) is 15.5. The summed E-state index contributed by atoms with van der Waals surface area (Å²) in [5, 5.41) is 0.710. The Kier molecular flexibility index (Phi) is 4.86. The Hall–Kier alpha value is -2.63. The fraction of sp³-hybridized carbons (Fsp3) is 0.304. The van der Waals surface area contributed by atoms with Crippen LogP contribution in [0.4, 0.5) is 0 Å². The highest BCUT2D eigenvalue weighted by Gasteiger charge is 2.25. The molecule has 148 valence electrons. The average Bonchev–Trinajstić information content (AvgIpc) is 3.33. The number of likely N-dealkylation sites (tertiary alicyclic amines) is 1. The molecule has 1 aliphatic rings. The maximum absolute atomic E-state index is 5.99. The first-order valence-corrected chi connectivity index (χ1v) is 10.4. The number of H-pyrrole nitrogens is 1. The number of nitrogens with one attached hydrogen (secondary N) is 1. The number of fused-ring (bicyclic) bond motifs is 1. The van der Waals surface area contributed by atoms with Crippen molar-refractivity contribution >= 4 is 22.6 Å². The van der Waals surface area contributed by atoms with Gasteiger partial charge in [0.15, 0.2) is 0 Å². The smallest absolute Gasteiger partial charge is 0.226 e. The van der Waals surface area contributed by atoms with Crippen LogP contribution in [0.15, 0.2) is 52.9 Å². The molecule has 2 aromatic carbocycles. The van der Waals surface area contributed by atoms with Crippen molar-refractivity contribution < 1.29 is 4.42 Å². The molecule has 0 unspecified atom stereocenters. The topological polar surface area (TPSA) is 58.0 Å². The van der Waals surface area contributed by atoms with Crippen LogP contribution < -0.4 is 0 Å². The van der Waals surface area contributed by atoms with E-state index in [2.05, 4.69) is 22.0 Å². The van der Waals surface area contributed by atoms with Gasteiger partial charge in [-0.05, 0) is 62.7 Å². The zero-order chi connectivity index (χ0) is 19.8. The molecule has 2 aromatic heterocycles. The number of nitrogens with zero attached hydrogens (tertiary/aromatic N) is 3. The van der Waals surface area contributed by atoms with Gasteiger partial charge in [0.05, 0.1) is 16.7 Å². The van der Waals surface area contributed by atoms with Gasteiger partial charge in [-0.15, -0.1) is 0 Å². The van der Waals surface area contributed by atoms with Crippen LogP contribution in [-0.4, -0.2) is 32.9 Å². The predicted molar refractivity (Wildman–Crippen MR) is 115 cm³/mol. The summed E-state index contributed by atoms with van der Waals surface area (Å²) in [6.45, 7) is 4.82. The summed E-state index contributed by atoms with van der Waals surface area (Å²) in [7, 11) is 0. The lowest BCUT2D eigenvalue weighted by atomic mass is 9.97. The summed E-state index contributed by atoms with van der Waals surface area (Å²) >= 11 is 5.99. The third-order valence-electron chi connectivity index (χ3n) is 5.66. The largest absolute Gasteiger partial charge is 0.441 e. The zero-order valence-electron chi connectivity index (χ0n) is 16.4. The number of aromatic nitrogens is 3. The van der Waals surface area contributed by atoms with Crippen LogP contribution in [0.1, 0.15) is 36.0 Å². The van der Waals surface area contributed by atoms with Crippen molar-refractivity contribution in [3.63, 3.8) is 0 Å². The summed E-state index contributed by atoms with van der Waals surface area (Å²) < 4.78 is 5.93. The summed E-state index contributed by atoms with van der Waals surface area (Å²) in [5.41, 5.74) is 4.10. The molecule has 1 saturated heterocycles. The van der Waals surface area contributed by atoms with Crippen molar-refractivity contribution in [2.24, 2.45) is 0 Å². The van der Waals surface area contributed by atoms with E-state index in [1.165, 1.54) is 0 Å². The Morgan fingerprint density at radius 1 is 1.14 bits per heavy atom. The van der Waals surface area contributed by atoms with Crippen LogP contribution in [0.5, 0.6) is 0 Å². The number of para-hydroxylation sites is 2. The lowest BCUT2D eigenvalue weighted by Crippen LogP contribution is -2.34. The molecular formula is C23H23ClN4O. The maximum Gasteiger partial charge on any atom is 0.226 e. The molecule has 1 atom stereocenters. The Labute approximate surface area is 174 Å². The van der Waals surface area contributed by atoms with E-state index in [0.29, 0.717) is 16.8 Å². The minimum atomic E-state index is 0.416. The SMILES string of the molecule is Cc1oc(-c2ccc(Cl)cc2)nc1CN1CCC[C@@H](c2nc3ccccc3[nH]2)C1. The van der Waals surface area contributed by atoms with Gasteiger partial charge in [-0.3, -0.25) is 4.90 Å².